The molecule has 6 heteroatoms. The summed E-state index contributed by atoms with van der Waals surface area (Å²) in [5.41, 5.74) is 5.58. The lowest BCUT2D eigenvalue weighted by atomic mass is 9.92. The summed E-state index contributed by atoms with van der Waals surface area (Å²) in [4.78, 5) is 23.1. The number of rotatable bonds is 11. The van der Waals surface area contributed by atoms with Crippen LogP contribution in [0.2, 0.25) is 0 Å². The van der Waals surface area contributed by atoms with Crippen LogP contribution < -0.4 is 0 Å². The number of esters is 2. The Hall–Kier alpha value is -4.00. The second-order valence-electron chi connectivity index (χ2n) is 7.70. The Morgan fingerprint density at radius 2 is 1.20 bits per heavy atom. The molecule has 0 saturated heterocycles. The minimum absolute atomic E-state index is 0.0203. The van der Waals surface area contributed by atoms with E-state index in [1.54, 1.807) is 0 Å². The molecule has 0 bridgehead atoms. The maximum absolute atomic E-state index is 11.5. The van der Waals surface area contributed by atoms with Crippen LogP contribution in [0.4, 0.5) is 0 Å². The lowest BCUT2D eigenvalue weighted by Crippen LogP contribution is -2.36. The number of carbonyl (C=O) groups is 2. The first-order valence-corrected chi connectivity index (χ1v) is 11.3. The molecule has 3 aromatic rings. The van der Waals surface area contributed by atoms with Gasteiger partial charge in [-0.25, -0.2) is 9.59 Å². The molecular weight excluding hydrogens is 444 g/mol. The zero-order valence-corrected chi connectivity index (χ0v) is 19.3. The van der Waals surface area contributed by atoms with Crippen molar-refractivity contribution < 1.29 is 28.5 Å². The molecule has 0 heterocycles. The average Bonchev–Trinajstić information content (AvgIpc) is 3.19. The van der Waals surface area contributed by atoms with Crippen LogP contribution >= 0.6 is 0 Å². The number of fused-ring (bicyclic) bond motifs is 3. The summed E-state index contributed by atoms with van der Waals surface area (Å²) < 4.78 is 23.2. The summed E-state index contributed by atoms with van der Waals surface area (Å²) in [7, 11) is 0. The van der Waals surface area contributed by atoms with Crippen molar-refractivity contribution in [1.29, 1.82) is 0 Å². The van der Waals surface area contributed by atoms with Gasteiger partial charge in [-0.05, 0) is 22.3 Å². The largest absolute Gasteiger partial charge is 0.460 e. The molecule has 0 aliphatic heterocycles. The molecule has 1 aliphatic carbocycles. The van der Waals surface area contributed by atoms with Crippen molar-refractivity contribution in [2.45, 2.75) is 5.79 Å². The topological polar surface area (TPSA) is 71.1 Å². The molecule has 1 aliphatic rings. The molecule has 0 radical (unpaired) electrons. The van der Waals surface area contributed by atoms with Gasteiger partial charge in [0.1, 0.15) is 13.2 Å². The highest BCUT2D eigenvalue weighted by molar-refractivity contribution is 5.87. The SMILES string of the molecule is C=CC(=O)OCCOC1(OCCOC(=O)C=C)c2ccccc2-c2cccc(-c3ccccc3)c21. The van der Waals surface area contributed by atoms with Gasteiger partial charge in [0.05, 0.1) is 13.2 Å². The van der Waals surface area contributed by atoms with E-state index >= 15 is 0 Å². The Labute approximate surface area is 204 Å². The fourth-order valence-corrected chi connectivity index (χ4v) is 4.24. The van der Waals surface area contributed by atoms with Crippen LogP contribution in [0.3, 0.4) is 0 Å². The third kappa shape index (κ3) is 4.94. The zero-order valence-electron chi connectivity index (χ0n) is 19.3. The highest BCUT2D eigenvalue weighted by Gasteiger charge is 2.47. The first kappa shape index (κ1) is 24.1. The minimum atomic E-state index is -1.31. The summed E-state index contributed by atoms with van der Waals surface area (Å²) in [6.45, 7) is 7.02. The predicted molar refractivity (Wildman–Crippen MR) is 132 cm³/mol. The lowest BCUT2D eigenvalue weighted by molar-refractivity contribution is -0.224. The van der Waals surface area contributed by atoms with Crippen molar-refractivity contribution in [3.05, 3.63) is 109 Å². The van der Waals surface area contributed by atoms with Crippen LogP contribution in [0.5, 0.6) is 0 Å². The number of hydrogen-bond donors (Lipinski definition) is 0. The molecule has 4 rings (SSSR count). The fourth-order valence-electron chi connectivity index (χ4n) is 4.24. The van der Waals surface area contributed by atoms with Gasteiger partial charge in [-0.1, -0.05) is 86.0 Å². The highest BCUT2D eigenvalue weighted by atomic mass is 16.7. The summed E-state index contributed by atoms with van der Waals surface area (Å²) in [5.74, 6) is -2.37. The van der Waals surface area contributed by atoms with Gasteiger partial charge in [-0.2, -0.15) is 0 Å². The quantitative estimate of drug-likeness (QED) is 0.170. The Morgan fingerprint density at radius 3 is 1.83 bits per heavy atom. The van der Waals surface area contributed by atoms with Gasteiger partial charge >= 0.3 is 11.9 Å². The molecule has 35 heavy (non-hydrogen) atoms. The fraction of sp³-hybridized carbons (Fsp3) is 0.172. The van der Waals surface area contributed by atoms with E-state index < -0.39 is 17.7 Å². The molecule has 6 nitrogen and oxygen atoms in total. The van der Waals surface area contributed by atoms with E-state index in [9.17, 15) is 9.59 Å². The molecule has 0 atom stereocenters. The number of benzene rings is 3. The van der Waals surface area contributed by atoms with Gasteiger partial charge in [0, 0.05) is 23.3 Å². The number of hydrogen-bond acceptors (Lipinski definition) is 6. The van der Waals surface area contributed by atoms with Crippen LogP contribution in [0.15, 0.2) is 98.1 Å². The van der Waals surface area contributed by atoms with E-state index in [0.29, 0.717) is 0 Å². The average molecular weight is 471 g/mol. The van der Waals surface area contributed by atoms with Gasteiger partial charge in [-0.3, -0.25) is 0 Å². The second kappa shape index (κ2) is 11.0. The van der Waals surface area contributed by atoms with Crippen molar-refractivity contribution in [3.8, 4) is 22.3 Å². The van der Waals surface area contributed by atoms with Gasteiger partial charge in [0.2, 0.25) is 5.79 Å². The van der Waals surface area contributed by atoms with E-state index in [2.05, 4.69) is 13.2 Å². The van der Waals surface area contributed by atoms with Gasteiger partial charge in [0.15, 0.2) is 0 Å². The van der Waals surface area contributed by atoms with Gasteiger partial charge in [-0.15, -0.1) is 0 Å². The molecule has 0 spiro atoms. The standard InChI is InChI=1S/C29H26O6/c1-3-26(30)32-17-19-34-29(35-20-18-33-27(31)4-2)25-16-9-8-13-23(25)24-15-10-14-22(28(24)29)21-11-6-5-7-12-21/h3-16H,1-2,17-20H2. The monoisotopic (exact) mass is 470 g/mol. The Bertz CT molecular complexity index is 1200. The zero-order chi connectivity index (χ0) is 24.7. The first-order valence-electron chi connectivity index (χ1n) is 11.3. The third-order valence-corrected chi connectivity index (χ3v) is 5.65. The van der Waals surface area contributed by atoms with Crippen molar-refractivity contribution >= 4 is 11.9 Å². The van der Waals surface area contributed by atoms with E-state index in [1.807, 2.05) is 72.8 Å². The van der Waals surface area contributed by atoms with Crippen LogP contribution in [0.25, 0.3) is 22.3 Å². The van der Waals surface area contributed by atoms with E-state index in [-0.39, 0.29) is 26.4 Å². The number of ether oxygens (including phenoxy) is 4. The molecule has 178 valence electrons. The summed E-state index contributed by atoms with van der Waals surface area (Å²) >= 11 is 0. The number of carbonyl (C=O) groups excluding carboxylic acids is 2. The Balaban J connectivity index is 1.78. The predicted octanol–water partition coefficient (Wildman–Crippen LogP) is 5.03. The highest BCUT2D eigenvalue weighted by Crippen LogP contribution is 2.53. The van der Waals surface area contributed by atoms with Crippen molar-refractivity contribution in [2.24, 2.45) is 0 Å². The summed E-state index contributed by atoms with van der Waals surface area (Å²) in [6.07, 6.45) is 2.21. The van der Waals surface area contributed by atoms with E-state index in [0.717, 1.165) is 45.5 Å². The third-order valence-electron chi connectivity index (χ3n) is 5.65. The normalized spacial score (nSPS) is 12.8. The molecule has 0 fully saturated rings. The van der Waals surface area contributed by atoms with Crippen LogP contribution in [0.1, 0.15) is 11.1 Å². The maximum Gasteiger partial charge on any atom is 0.330 e. The minimum Gasteiger partial charge on any atom is -0.460 e. The smallest absolute Gasteiger partial charge is 0.330 e. The Kier molecular flexibility index (Phi) is 7.55. The maximum atomic E-state index is 11.5. The lowest BCUT2D eigenvalue weighted by Gasteiger charge is -2.33. The summed E-state index contributed by atoms with van der Waals surface area (Å²) in [6, 6.07) is 23.9. The summed E-state index contributed by atoms with van der Waals surface area (Å²) in [5, 5.41) is 0. The van der Waals surface area contributed by atoms with Crippen molar-refractivity contribution in [3.63, 3.8) is 0 Å². The molecule has 0 N–H and O–H groups in total. The van der Waals surface area contributed by atoms with Crippen LogP contribution in [-0.2, 0) is 34.3 Å². The second-order valence-corrected chi connectivity index (χ2v) is 7.70. The van der Waals surface area contributed by atoms with Crippen LogP contribution in [-0.4, -0.2) is 38.4 Å². The first-order chi connectivity index (χ1) is 17.1. The van der Waals surface area contributed by atoms with Crippen LogP contribution in [0, 0.1) is 0 Å². The van der Waals surface area contributed by atoms with Crippen molar-refractivity contribution in [2.75, 3.05) is 26.4 Å². The Morgan fingerprint density at radius 1 is 0.657 bits per heavy atom. The molecular formula is C29H26O6. The van der Waals surface area contributed by atoms with E-state index in [4.69, 9.17) is 18.9 Å². The van der Waals surface area contributed by atoms with Gasteiger partial charge in [0.25, 0.3) is 0 Å². The van der Waals surface area contributed by atoms with Gasteiger partial charge < -0.3 is 18.9 Å². The molecule has 0 amide bonds. The molecule has 0 aromatic heterocycles. The molecule has 0 saturated carbocycles. The van der Waals surface area contributed by atoms with Crippen molar-refractivity contribution in [1.82, 2.24) is 0 Å². The molecule has 0 unspecified atom stereocenters. The van der Waals surface area contributed by atoms with E-state index in [1.165, 1.54) is 0 Å². The molecule has 3 aromatic carbocycles.